The van der Waals surface area contributed by atoms with Crippen LogP contribution in [-0.4, -0.2) is 21.3 Å². The van der Waals surface area contributed by atoms with Crippen LogP contribution in [-0.2, 0) is 17.7 Å². The Labute approximate surface area is 220 Å². The van der Waals surface area contributed by atoms with Gasteiger partial charge in [-0.15, -0.1) is 0 Å². The second-order valence-corrected chi connectivity index (χ2v) is 11.0. The number of hydrogen-bond donors (Lipinski definition) is 0. The van der Waals surface area contributed by atoms with Crippen LogP contribution in [0.1, 0.15) is 63.6 Å². The molecule has 0 aliphatic rings. The first kappa shape index (κ1) is 26.5. The van der Waals surface area contributed by atoms with E-state index in [9.17, 15) is 4.79 Å². The quantitative estimate of drug-likeness (QED) is 0.190. The number of rotatable bonds is 7. The first-order chi connectivity index (χ1) is 17.5. The van der Waals surface area contributed by atoms with Crippen molar-refractivity contribution in [3.63, 3.8) is 0 Å². The fourth-order valence-electron chi connectivity index (χ4n) is 4.35. The SMILES string of the molecule is CCC(C)Cc1nc2cc(C)c(C)cc2n1Cc1ccc(-c2ccccc2OC(=O)OC(C)(C)C)cc1. The highest BCUT2D eigenvalue weighted by molar-refractivity contribution is 5.78. The summed E-state index contributed by atoms with van der Waals surface area (Å²) < 4.78 is 13.3. The number of benzene rings is 3. The van der Waals surface area contributed by atoms with Gasteiger partial charge in [-0.25, -0.2) is 9.78 Å². The lowest BCUT2D eigenvalue weighted by Gasteiger charge is -2.19. The summed E-state index contributed by atoms with van der Waals surface area (Å²) in [6.07, 6.45) is 1.38. The molecule has 4 rings (SSSR count). The Morgan fingerprint density at radius 2 is 1.68 bits per heavy atom. The van der Waals surface area contributed by atoms with E-state index >= 15 is 0 Å². The first-order valence-electron chi connectivity index (χ1n) is 13.1. The largest absolute Gasteiger partial charge is 0.514 e. The summed E-state index contributed by atoms with van der Waals surface area (Å²) in [5.74, 6) is 2.18. The Bertz CT molecular complexity index is 1390. The molecule has 0 fully saturated rings. The Morgan fingerprint density at radius 3 is 2.35 bits per heavy atom. The zero-order chi connectivity index (χ0) is 26.7. The third-order valence-corrected chi connectivity index (χ3v) is 6.75. The van der Waals surface area contributed by atoms with Crippen LogP contribution in [0.25, 0.3) is 22.2 Å². The Morgan fingerprint density at radius 1 is 1.00 bits per heavy atom. The third-order valence-electron chi connectivity index (χ3n) is 6.75. The van der Waals surface area contributed by atoms with Gasteiger partial charge in [-0.05, 0) is 81.0 Å². The first-order valence-corrected chi connectivity index (χ1v) is 13.1. The summed E-state index contributed by atoms with van der Waals surface area (Å²) in [4.78, 5) is 17.3. The van der Waals surface area contributed by atoms with Crippen molar-refractivity contribution in [1.82, 2.24) is 9.55 Å². The summed E-state index contributed by atoms with van der Waals surface area (Å²) in [7, 11) is 0. The average Bonchev–Trinajstić information content (AvgIpc) is 3.14. The summed E-state index contributed by atoms with van der Waals surface area (Å²) in [6.45, 7) is 15.0. The van der Waals surface area contributed by atoms with Gasteiger partial charge < -0.3 is 14.0 Å². The van der Waals surface area contributed by atoms with E-state index < -0.39 is 11.8 Å². The van der Waals surface area contributed by atoms with Crippen molar-refractivity contribution < 1.29 is 14.3 Å². The fourth-order valence-corrected chi connectivity index (χ4v) is 4.35. The van der Waals surface area contributed by atoms with Gasteiger partial charge in [0.05, 0.1) is 11.0 Å². The molecular weight excluding hydrogens is 460 g/mol. The number of para-hydroxylation sites is 1. The molecule has 37 heavy (non-hydrogen) atoms. The molecule has 0 bridgehead atoms. The lowest BCUT2D eigenvalue weighted by Crippen LogP contribution is -2.26. The highest BCUT2D eigenvalue weighted by atomic mass is 16.7. The van der Waals surface area contributed by atoms with Gasteiger partial charge in [-0.3, -0.25) is 0 Å². The van der Waals surface area contributed by atoms with Crippen LogP contribution in [0.3, 0.4) is 0 Å². The van der Waals surface area contributed by atoms with Gasteiger partial charge in [0.25, 0.3) is 0 Å². The van der Waals surface area contributed by atoms with Gasteiger partial charge in [0, 0.05) is 18.5 Å². The predicted octanol–water partition coefficient (Wildman–Crippen LogP) is 8.27. The maximum absolute atomic E-state index is 12.3. The van der Waals surface area contributed by atoms with Crippen molar-refractivity contribution in [1.29, 1.82) is 0 Å². The van der Waals surface area contributed by atoms with Crippen molar-refractivity contribution >= 4 is 17.2 Å². The predicted molar refractivity (Wildman–Crippen MR) is 150 cm³/mol. The van der Waals surface area contributed by atoms with Crippen LogP contribution in [0.2, 0.25) is 0 Å². The van der Waals surface area contributed by atoms with E-state index in [2.05, 4.69) is 68.7 Å². The van der Waals surface area contributed by atoms with E-state index in [1.54, 1.807) is 6.07 Å². The molecule has 5 heteroatoms. The maximum Gasteiger partial charge on any atom is 0.514 e. The maximum atomic E-state index is 12.3. The number of carbonyl (C=O) groups excluding carboxylic acids is 1. The van der Waals surface area contributed by atoms with Gasteiger partial charge in [0.15, 0.2) is 0 Å². The van der Waals surface area contributed by atoms with Crippen LogP contribution in [0.4, 0.5) is 4.79 Å². The van der Waals surface area contributed by atoms with E-state index in [-0.39, 0.29) is 0 Å². The van der Waals surface area contributed by atoms with Gasteiger partial charge >= 0.3 is 6.16 Å². The molecular formula is C32H38N2O3. The molecule has 0 N–H and O–H groups in total. The molecule has 0 saturated carbocycles. The number of aryl methyl sites for hydroxylation is 2. The van der Waals surface area contributed by atoms with Crippen molar-refractivity contribution in [2.24, 2.45) is 5.92 Å². The standard InChI is InChI=1S/C32H38N2O3/c1-8-21(2)17-30-33-27-18-22(3)23(4)19-28(27)34(30)20-24-13-15-25(16-14-24)26-11-9-10-12-29(26)36-31(35)37-32(5,6)7/h9-16,18-19,21H,8,17,20H2,1-7H3. The fraction of sp³-hybridized carbons (Fsp3) is 0.375. The second-order valence-electron chi connectivity index (χ2n) is 11.0. The van der Waals surface area contributed by atoms with Crippen molar-refractivity contribution in [2.75, 3.05) is 0 Å². The number of aromatic nitrogens is 2. The number of ether oxygens (including phenoxy) is 2. The molecule has 1 aromatic heterocycles. The molecule has 0 amide bonds. The molecule has 5 nitrogen and oxygen atoms in total. The number of nitrogens with zero attached hydrogens (tertiary/aromatic N) is 2. The molecule has 0 aliphatic carbocycles. The van der Waals surface area contributed by atoms with Crippen LogP contribution < -0.4 is 4.74 Å². The van der Waals surface area contributed by atoms with E-state index in [0.717, 1.165) is 41.9 Å². The monoisotopic (exact) mass is 498 g/mol. The lowest BCUT2D eigenvalue weighted by atomic mass is 10.0. The van der Waals surface area contributed by atoms with Crippen LogP contribution in [0.15, 0.2) is 60.7 Å². The van der Waals surface area contributed by atoms with Crippen molar-refractivity contribution in [2.45, 2.75) is 73.5 Å². The molecule has 3 aromatic carbocycles. The number of imidazole rings is 1. The molecule has 4 aromatic rings. The van der Waals surface area contributed by atoms with Gasteiger partial charge in [-0.1, -0.05) is 62.7 Å². The summed E-state index contributed by atoms with van der Waals surface area (Å²) in [5.41, 5.74) is 7.19. The van der Waals surface area contributed by atoms with Gasteiger partial charge in [-0.2, -0.15) is 0 Å². The molecule has 0 saturated heterocycles. The molecule has 1 atom stereocenters. The second kappa shape index (κ2) is 10.8. The van der Waals surface area contributed by atoms with E-state index in [1.807, 2.05) is 39.0 Å². The van der Waals surface area contributed by atoms with E-state index in [1.165, 1.54) is 22.2 Å². The third kappa shape index (κ3) is 6.40. The minimum absolute atomic E-state index is 0.479. The normalized spacial score (nSPS) is 12.5. The summed E-state index contributed by atoms with van der Waals surface area (Å²) in [5, 5.41) is 0. The van der Waals surface area contributed by atoms with E-state index in [4.69, 9.17) is 14.5 Å². The van der Waals surface area contributed by atoms with Crippen LogP contribution in [0, 0.1) is 19.8 Å². The summed E-state index contributed by atoms with van der Waals surface area (Å²) >= 11 is 0. The molecule has 0 radical (unpaired) electrons. The van der Waals surface area contributed by atoms with Crippen molar-refractivity contribution in [3.05, 3.63) is 83.2 Å². The number of hydrogen-bond acceptors (Lipinski definition) is 4. The van der Waals surface area contributed by atoms with E-state index in [0.29, 0.717) is 11.7 Å². The molecule has 1 heterocycles. The smallest absolute Gasteiger partial charge is 0.428 e. The molecule has 0 spiro atoms. The zero-order valence-corrected chi connectivity index (χ0v) is 23.1. The average molecular weight is 499 g/mol. The number of carbonyl (C=O) groups is 1. The molecule has 0 aliphatic heterocycles. The van der Waals surface area contributed by atoms with Gasteiger partial charge in [0.1, 0.15) is 17.2 Å². The van der Waals surface area contributed by atoms with Gasteiger partial charge in [0.2, 0.25) is 0 Å². The van der Waals surface area contributed by atoms with Crippen LogP contribution >= 0.6 is 0 Å². The Balaban J connectivity index is 1.62. The summed E-state index contributed by atoms with van der Waals surface area (Å²) in [6, 6.07) is 20.4. The Kier molecular flexibility index (Phi) is 7.72. The van der Waals surface area contributed by atoms with Crippen LogP contribution in [0.5, 0.6) is 5.75 Å². The zero-order valence-electron chi connectivity index (χ0n) is 23.1. The minimum atomic E-state index is -0.706. The molecule has 194 valence electrons. The number of fused-ring (bicyclic) bond motifs is 1. The minimum Gasteiger partial charge on any atom is -0.428 e. The highest BCUT2D eigenvalue weighted by Gasteiger charge is 2.20. The highest BCUT2D eigenvalue weighted by Crippen LogP contribution is 2.31. The van der Waals surface area contributed by atoms with Crippen molar-refractivity contribution in [3.8, 4) is 16.9 Å². The topological polar surface area (TPSA) is 53.4 Å². The molecule has 1 unspecified atom stereocenters. The lowest BCUT2D eigenvalue weighted by molar-refractivity contribution is 0.0207. The Hall–Kier alpha value is -3.60.